The quantitative estimate of drug-likeness (QED) is 0.333. The molecule has 2 heterocycles. The first-order chi connectivity index (χ1) is 14.3. The molecular weight excluding hydrogens is 476 g/mol. The van der Waals surface area contributed by atoms with Gasteiger partial charge in [-0.25, -0.2) is 4.98 Å². The fraction of sp³-hybridized carbons (Fsp3) is 0.0526. The maximum atomic E-state index is 12.5. The third kappa shape index (κ3) is 3.60. The van der Waals surface area contributed by atoms with Crippen molar-refractivity contribution in [1.82, 2.24) is 9.88 Å². The van der Waals surface area contributed by atoms with E-state index in [1.54, 1.807) is 5.38 Å². The Bertz CT molecular complexity index is 1210. The molecule has 0 fully saturated rings. The standard InChI is InChI=1S/C19H11BrN4O5S/c20-11-6-4-10(5-7-11)13-9-30-19(21-13)22-15(25)8-23-17(26)12-2-1-3-14(24(28)29)16(12)18(23)27/h1-7,9H,8H2,(H,21,22,25). The van der Waals surface area contributed by atoms with Crippen molar-refractivity contribution >= 4 is 55.8 Å². The van der Waals surface area contributed by atoms with Crippen LogP contribution in [0.4, 0.5) is 10.8 Å². The Kier molecular flexibility index (Phi) is 5.14. The van der Waals surface area contributed by atoms with E-state index in [1.807, 2.05) is 24.3 Å². The number of carbonyl (C=O) groups excluding carboxylic acids is 3. The maximum absolute atomic E-state index is 12.5. The molecule has 0 aliphatic carbocycles. The van der Waals surface area contributed by atoms with Gasteiger partial charge in [0.1, 0.15) is 12.1 Å². The topological polar surface area (TPSA) is 123 Å². The molecule has 0 saturated heterocycles. The van der Waals surface area contributed by atoms with Crippen LogP contribution in [0, 0.1) is 10.1 Å². The highest BCUT2D eigenvalue weighted by Gasteiger charge is 2.41. The van der Waals surface area contributed by atoms with Gasteiger partial charge in [0, 0.05) is 21.5 Å². The van der Waals surface area contributed by atoms with Crippen molar-refractivity contribution in [3.05, 3.63) is 73.6 Å². The van der Waals surface area contributed by atoms with Crippen molar-refractivity contribution < 1.29 is 19.3 Å². The Morgan fingerprint density at radius 3 is 2.60 bits per heavy atom. The molecule has 2 aromatic carbocycles. The summed E-state index contributed by atoms with van der Waals surface area (Å²) in [6, 6.07) is 11.3. The molecule has 0 radical (unpaired) electrons. The molecule has 0 unspecified atom stereocenters. The monoisotopic (exact) mass is 486 g/mol. The lowest BCUT2D eigenvalue weighted by molar-refractivity contribution is -0.385. The molecule has 0 saturated carbocycles. The number of benzene rings is 2. The van der Waals surface area contributed by atoms with Crippen LogP contribution in [0.3, 0.4) is 0 Å². The fourth-order valence-corrected chi connectivity index (χ4v) is 4.00. The summed E-state index contributed by atoms with van der Waals surface area (Å²) < 4.78 is 0.927. The van der Waals surface area contributed by atoms with Gasteiger partial charge in [0.25, 0.3) is 17.5 Å². The second-order valence-electron chi connectivity index (χ2n) is 6.25. The zero-order chi connectivity index (χ0) is 21.4. The van der Waals surface area contributed by atoms with Gasteiger partial charge in [-0.05, 0) is 18.2 Å². The summed E-state index contributed by atoms with van der Waals surface area (Å²) in [5.41, 5.74) is 0.676. The van der Waals surface area contributed by atoms with E-state index < -0.39 is 34.9 Å². The second kappa shape index (κ2) is 7.76. The zero-order valence-corrected chi connectivity index (χ0v) is 17.4. The van der Waals surface area contributed by atoms with Gasteiger partial charge in [0.05, 0.1) is 16.2 Å². The van der Waals surface area contributed by atoms with E-state index in [9.17, 15) is 24.5 Å². The Morgan fingerprint density at radius 1 is 1.17 bits per heavy atom. The Hall–Kier alpha value is -3.44. The number of amides is 3. The van der Waals surface area contributed by atoms with E-state index in [4.69, 9.17) is 0 Å². The van der Waals surface area contributed by atoms with Gasteiger partial charge in [-0.15, -0.1) is 11.3 Å². The van der Waals surface area contributed by atoms with Crippen molar-refractivity contribution in [3.8, 4) is 11.3 Å². The third-order valence-corrected chi connectivity index (χ3v) is 5.65. The predicted molar refractivity (Wildman–Crippen MR) is 112 cm³/mol. The fourth-order valence-electron chi connectivity index (χ4n) is 3.00. The summed E-state index contributed by atoms with van der Waals surface area (Å²) in [6.45, 7) is -0.573. The number of nitrogens with zero attached hydrogens (tertiary/aromatic N) is 3. The minimum atomic E-state index is -0.868. The van der Waals surface area contributed by atoms with E-state index in [0.717, 1.165) is 16.1 Å². The lowest BCUT2D eigenvalue weighted by atomic mass is 10.1. The highest BCUT2D eigenvalue weighted by molar-refractivity contribution is 9.10. The maximum Gasteiger partial charge on any atom is 0.282 e. The van der Waals surface area contributed by atoms with Crippen LogP contribution >= 0.6 is 27.3 Å². The van der Waals surface area contributed by atoms with Gasteiger partial charge in [-0.3, -0.25) is 29.4 Å². The van der Waals surface area contributed by atoms with Gasteiger partial charge in [0.2, 0.25) is 5.91 Å². The number of halogens is 1. The van der Waals surface area contributed by atoms with Crippen LogP contribution in [0.5, 0.6) is 0 Å². The SMILES string of the molecule is O=C(CN1C(=O)c2cccc([N+](=O)[O-])c2C1=O)Nc1nc(-c2ccc(Br)cc2)cs1. The predicted octanol–water partition coefficient (Wildman–Crippen LogP) is 3.72. The first-order valence-corrected chi connectivity index (χ1v) is 10.2. The van der Waals surface area contributed by atoms with Gasteiger partial charge < -0.3 is 5.32 Å². The molecule has 1 aromatic heterocycles. The van der Waals surface area contributed by atoms with Crippen molar-refractivity contribution in [2.75, 3.05) is 11.9 Å². The average molecular weight is 487 g/mol. The molecule has 9 nitrogen and oxygen atoms in total. The summed E-state index contributed by atoms with van der Waals surface area (Å²) in [7, 11) is 0. The zero-order valence-electron chi connectivity index (χ0n) is 15.0. The van der Waals surface area contributed by atoms with Crippen molar-refractivity contribution in [2.24, 2.45) is 0 Å². The van der Waals surface area contributed by atoms with Crippen LogP contribution in [0.15, 0.2) is 52.3 Å². The van der Waals surface area contributed by atoms with Crippen molar-refractivity contribution in [3.63, 3.8) is 0 Å². The average Bonchev–Trinajstić information content (AvgIpc) is 3.27. The number of imide groups is 1. The summed E-state index contributed by atoms with van der Waals surface area (Å²) >= 11 is 4.56. The Balaban J connectivity index is 1.48. The molecule has 11 heteroatoms. The number of hydrogen-bond acceptors (Lipinski definition) is 7. The van der Waals surface area contributed by atoms with E-state index >= 15 is 0 Å². The largest absolute Gasteiger partial charge is 0.300 e. The number of nitrogens with one attached hydrogen (secondary N) is 1. The molecule has 30 heavy (non-hydrogen) atoms. The van der Waals surface area contributed by atoms with Gasteiger partial charge in [0.15, 0.2) is 5.13 Å². The van der Waals surface area contributed by atoms with Crippen LogP contribution in [-0.2, 0) is 4.79 Å². The Morgan fingerprint density at radius 2 is 1.90 bits per heavy atom. The van der Waals surface area contributed by atoms with E-state index in [-0.39, 0.29) is 11.1 Å². The smallest absolute Gasteiger partial charge is 0.282 e. The molecular formula is C19H11BrN4O5S. The number of hydrogen-bond donors (Lipinski definition) is 1. The number of fused-ring (bicyclic) bond motifs is 1. The molecule has 4 rings (SSSR count). The minimum Gasteiger partial charge on any atom is -0.300 e. The van der Waals surface area contributed by atoms with Crippen LogP contribution in [-0.4, -0.2) is 39.1 Å². The first kappa shape index (κ1) is 19.9. The summed E-state index contributed by atoms with van der Waals surface area (Å²) in [6.07, 6.45) is 0. The highest BCUT2D eigenvalue weighted by Crippen LogP contribution is 2.31. The minimum absolute atomic E-state index is 0.0891. The van der Waals surface area contributed by atoms with Crippen molar-refractivity contribution in [1.29, 1.82) is 0 Å². The molecule has 1 aliphatic rings. The van der Waals surface area contributed by atoms with Gasteiger partial charge in [-0.2, -0.15) is 0 Å². The number of nitro benzene ring substituents is 1. The molecule has 0 atom stereocenters. The van der Waals surface area contributed by atoms with E-state index in [2.05, 4.69) is 26.2 Å². The number of nitro groups is 1. The molecule has 1 aliphatic heterocycles. The summed E-state index contributed by atoms with van der Waals surface area (Å²) in [4.78, 5) is 52.9. The van der Waals surface area contributed by atoms with Crippen LogP contribution in [0.2, 0.25) is 0 Å². The molecule has 150 valence electrons. The molecule has 0 bridgehead atoms. The van der Waals surface area contributed by atoms with Crippen LogP contribution in [0.25, 0.3) is 11.3 Å². The molecule has 3 amide bonds. The highest BCUT2D eigenvalue weighted by atomic mass is 79.9. The molecule has 1 N–H and O–H groups in total. The van der Waals surface area contributed by atoms with E-state index in [0.29, 0.717) is 15.7 Å². The van der Waals surface area contributed by atoms with Crippen LogP contribution in [0.1, 0.15) is 20.7 Å². The van der Waals surface area contributed by atoms with Crippen molar-refractivity contribution in [2.45, 2.75) is 0 Å². The number of thiazole rings is 1. The lowest BCUT2D eigenvalue weighted by Crippen LogP contribution is -2.37. The van der Waals surface area contributed by atoms with E-state index in [1.165, 1.54) is 23.5 Å². The first-order valence-electron chi connectivity index (χ1n) is 8.50. The normalized spacial score (nSPS) is 12.8. The second-order valence-corrected chi connectivity index (χ2v) is 8.02. The summed E-state index contributed by atoms with van der Waals surface area (Å²) in [5.74, 6) is -2.25. The molecule has 0 spiro atoms. The number of anilines is 1. The Labute approximate surface area is 181 Å². The van der Waals surface area contributed by atoms with Gasteiger partial charge >= 0.3 is 0 Å². The third-order valence-electron chi connectivity index (χ3n) is 4.37. The number of rotatable bonds is 5. The van der Waals surface area contributed by atoms with Crippen LogP contribution < -0.4 is 5.32 Å². The lowest BCUT2D eigenvalue weighted by Gasteiger charge is -2.12. The summed E-state index contributed by atoms with van der Waals surface area (Å²) in [5, 5.41) is 15.8. The number of aromatic nitrogens is 1. The molecule has 3 aromatic rings. The number of carbonyl (C=O) groups is 3. The van der Waals surface area contributed by atoms with Gasteiger partial charge in [-0.1, -0.05) is 34.1 Å².